The lowest BCUT2D eigenvalue weighted by Crippen LogP contribution is -2.19. The van der Waals surface area contributed by atoms with Crippen LogP contribution in [0.5, 0.6) is 0 Å². The zero-order valence-electron chi connectivity index (χ0n) is 12.0. The summed E-state index contributed by atoms with van der Waals surface area (Å²) in [5, 5.41) is 11.9. The Balaban J connectivity index is 2.16. The summed E-state index contributed by atoms with van der Waals surface area (Å²) in [6, 6.07) is 14.3. The van der Waals surface area contributed by atoms with Crippen LogP contribution in [0, 0.1) is 6.92 Å². The van der Waals surface area contributed by atoms with E-state index in [4.69, 9.17) is 5.11 Å². The fourth-order valence-corrected chi connectivity index (χ4v) is 2.07. The normalized spacial score (nSPS) is 11.7. The van der Waals surface area contributed by atoms with Crippen molar-refractivity contribution in [1.29, 1.82) is 0 Å². The van der Waals surface area contributed by atoms with E-state index in [-0.39, 0.29) is 17.4 Å². The highest BCUT2D eigenvalue weighted by Crippen LogP contribution is 2.20. The third kappa shape index (κ3) is 3.48. The molecule has 0 saturated carbocycles. The van der Waals surface area contributed by atoms with Gasteiger partial charge in [0, 0.05) is 5.69 Å². The van der Waals surface area contributed by atoms with Crippen molar-refractivity contribution in [3.05, 3.63) is 65.2 Å². The number of nitrogens with one attached hydrogen (secondary N) is 1. The molecule has 0 heterocycles. The molecule has 1 atom stereocenters. The maximum Gasteiger partial charge on any atom is 0.336 e. The molecule has 4 nitrogen and oxygen atoms in total. The van der Waals surface area contributed by atoms with Crippen LogP contribution in [-0.2, 0) is 4.79 Å². The number of amides is 1. The van der Waals surface area contributed by atoms with Gasteiger partial charge in [-0.3, -0.25) is 4.79 Å². The van der Waals surface area contributed by atoms with Crippen LogP contribution >= 0.6 is 0 Å². The number of rotatable bonds is 4. The molecular weight excluding hydrogens is 266 g/mol. The van der Waals surface area contributed by atoms with Gasteiger partial charge in [0.05, 0.1) is 11.5 Å². The summed E-state index contributed by atoms with van der Waals surface area (Å²) in [5.74, 6) is -1.47. The van der Waals surface area contributed by atoms with Gasteiger partial charge in [0.1, 0.15) is 0 Å². The van der Waals surface area contributed by atoms with Gasteiger partial charge < -0.3 is 10.4 Å². The van der Waals surface area contributed by atoms with Gasteiger partial charge in [-0.25, -0.2) is 4.79 Å². The Kier molecular flexibility index (Phi) is 4.38. The van der Waals surface area contributed by atoms with Crippen molar-refractivity contribution in [2.24, 2.45) is 0 Å². The first-order chi connectivity index (χ1) is 9.99. The summed E-state index contributed by atoms with van der Waals surface area (Å²) in [6.45, 7) is 3.54. The van der Waals surface area contributed by atoms with Crippen LogP contribution < -0.4 is 5.32 Å². The number of carbonyl (C=O) groups excluding carboxylic acids is 1. The number of benzene rings is 2. The Morgan fingerprint density at radius 2 is 1.76 bits per heavy atom. The smallest absolute Gasteiger partial charge is 0.336 e. The lowest BCUT2D eigenvalue weighted by atomic mass is 10.0. The van der Waals surface area contributed by atoms with Crippen LogP contribution in [0.4, 0.5) is 5.69 Å². The maximum atomic E-state index is 12.2. The molecule has 2 N–H and O–H groups in total. The van der Waals surface area contributed by atoms with E-state index in [1.54, 1.807) is 19.1 Å². The molecular formula is C17H17NO3. The molecule has 0 aliphatic carbocycles. The number of hydrogen-bond donors (Lipinski definition) is 2. The third-order valence-electron chi connectivity index (χ3n) is 3.43. The van der Waals surface area contributed by atoms with Gasteiger partial charge in [-0.05, 0) is 37.1 Å². The van der Waals surface area contributed by atoms with E-state index < -0.39 is 5.97 Å². The van der Waals surface area contributed by atoms with Crippen LogP contribution in [0.1, 0.15) is 34.3 Å². The highest BCUT2D eigenvalue weighted by molar-refractivity contribution is 5.97. The zero-order valence-corrected chi connectivity index (χ0v) is 12.0. The second kappa shape index (κ2) is 6.22. The van der Waals surface area contributed by atoms with E-state index in [0.29, 0.717) is 11.3 Å². The molecule has 21 heavy (non-hydrogen) atoms. The van der Waals surface area contributed by atoms with Crippen LogP contribution in [-0.4, -0.2) is 17.0 Å². The topological polar surface area (TPSA) is 66.4 Å². The van der Waals surface area contributed by atoms with Crippen LogP contribution in [0.2, 0.25) is 0 Å². The zero-order chi connectivity index (χ0) is 15.4. The molecule has 108 valence electrons. The van der Waals surface area contributed by atoms with E-state index in [1.165, 1.54) is 6.07 Å². The van der Waals surface area contributed by atoms with Gasteiger partial charge >= 0.3 is 5.97 Å². The van der Waals surface area contributed by atoms with Crippen molar-refractivity contribution in [2.75, 3.05) is 5.32 Å². The van der Waals surface area contributed by atoms with Gasteiger partial charge in [0.2, 0.25) is 5.91 Å². The predicted octanol–water partition coefficient (Wildman–Crippen LogP) is 3.44. The number of hydrogen-bond acceptors (Lipinski definition) is 2. The van der Waals surface area contributed by atoms with Gasteiger partial charge in [-0.15, -0.1) is 0 Å². The van der Waals surface area contributed by atoms with Crippen LogP contribution in [0.15, 0.2) is 48.5 Å². The molecule has 0 aromatic heterocycles. The average Bonchev–Trinajstić information content (AvgIpc) is 2.49. The lowest BCUT2D eigenvalue weighted by Gasteiger charge is -2.13. The number of anilines is 1. The van der Waals surface area contributed by atoms with Gasteiger partial charge in [-0.2, -0.15) is 0 Å². The van der Waals surface area contributed by atoms with Crippen molar-refractivity contribution >= 4 is 17.6 Å². The summed E-state index contributed by atoms with van der Waals surface area (Å²) in [5.41, 5.74) is 2.27. The summed E-state index contributed by atoms with van der Waals surface area (Å²) in [4.78, 5) is 23.3. The molecule has 0 aliphatic heterocycles. The monoisotopic (exact) mass is 283 g/mol. The molecule has 0 radical (unpaired) electrons. The standard InChI is InChI=1S/C17H17NO3/c1-11-8-9-14(10-15(11)17(20)21)18-16(19)12(2)13-6-4-3-5-7-13/h3-10,12H,1-2H3,(H,18,19)(H,20,21). The van der Waals surface area contributed by atoms with E-state index in [0.717, 1.165) is 5.56 Å². The average molecular weight is 283 g/mol. The number of aryl methyl sites for hydroxylation is 1. The minimum absolute atomic E-state index is 0.165. The Hall–Kier alpha value is -2.62. The quantitative estimate of drug-likeness (QED) is 0.903. The van der Waals surface area contributed by atoms with E-state index >= 15 is 0 Å². The number of carboxylic acids is 1. The first-order valence-corrected chi connectivity index (χ1v) is 6.69. The summed E-state index contributed by atoms with van der Waals surface area (Å²) in [7, 11) is 0. The highest BCUT2D eigenvalue weighted by Gasteiger charge is 2.16. The first-order valence-electron chi connectivity index (χ1n) is 6.69. The fraction of sp³-hybridized carbons (Fsp3) is 0.176. The molecule has 0 aliphatic rings. The lowest BCUT2D eigenvalue weighted by molar-refractivity contribution is -0.117. The second-order valence-electron chi connectivity index (χ2n) is 4.96. The minimum Gasteiger partial charge on any atom is -0.478 e. The van der Waals surface area contributed by atoms with Crippen molar-refractivity contribution < 1.29 is 14.7 Å². The van der Waals surface area contributed by atoms with E-state index in [1.807, 2.05) is 37.3 Å². The first kappa shape index (κ1) is 14.8. The summed E-state index contributed by atoms with van der Waals surface area (Å²) < 4.78 is 0. The second-order valence-corrected chi connectivity index (χ2v) is 4.96. The van der Waals surface area contributed by atoms with E-state index in [9.17, 15) is 9.59 Å². The largest absolute Gasteiger partial charge is 0.478 e. The molecule has 4 heteroatoms. The van der Waals surface area contributed by atoms with Gasteiger partial charge in [0.25, 0.3) is 0 Å². The van der Waals surface area contributed by atoms with Crippen molar-refractivity contribution in [3.63, 3.8) is 0 Å². The predicted molar refractivity (Wildman–Crippen MR) is 81.6 cm³/mol. The number of aromatic carboxylic acids is 1. The molecule has 1 amide bonds. The van der Waals surface area contributed by atoms with Crippen LogP contribution in [0.3, 0.4) is 0 Å². The summed E-state index contributed by atoms with van der Waals surface area (Å²) >= 11 is 0. The van der Waals surface area contributed by atoms with Crippen molar-refractivity contribution in [3.8, 4) is 0 Å². The third-order valence-corrected chi connectivity index (χ3v) is 3.43. The minimum atomic E-state index is -1.00. The highest BCUT2D eigenvalue weighted by atomic mass is 16.4. The van der Waals surface area contributed by atoms with Crippen LogP contribution in [0.25, 0.3) is 0 Å². The number of carbonyl (C=O) groups is 2. The van der Waals surface area contributed by atoms with E-state index in [2.05, 4.69) is 5.32 Å². The van der Waals surface area contributed by atoms with Crippen molar-refractivity contribution in [2.45, 2.75) is 19.8 Å². The maximum absolute atomic E-state index is 12.2. The molecule has 2 aromatic carbocycles. The molecule has 2 aromatic rings. The molecule has 1 unspecified atom stereocenters. The SMILES string of the molecule is Cc1ccc(NC(=O)C(C)c2ccccc2)cc1C(=O)O. The Morgan fingerprint density at radius 1 is 1.10 bits per heavy atom. The Morgan fingerprint density at radius 3 is 2.38 bits per heavy atom. The molecule has 0 saturated heterocycles. The Bertz CT molecular complexity index is 665. The molecule has 0 fully saturated rings. The van der Waals surface area contributed by atoms with Gasteiger partial charge in [-0.1, -0.05) is 36.4 Å². The Labute approximate surface area is 123 Å². The number of carboxylic acid groups (broad SMARTS) is 1. The fourth-order valence-electron chi connectivity index (χ4n) is 2.07. The summed E-state index contributed by atoms with van der Waals surface area (Å²) in [6.07, 6.45) is 0. The van der Waals surface area contributed by atoms with Crippen molar-refractivity contribution in [1.82, 2.24) is 0 Å². The molecule has 0 bridgehead atoms. The van der Waals surface area contributed by atoms with Gasteiger partial charge in [0.15, 0.2) is 0 Å². The molecule has 0 spiro atoms. The molecule has 2 rings (SSSR count).